The van der Waals surface area contributed by atoms with Crippen LogP contribution in [-0.4, -0.2) is 29.8 Å². The van der Waals surface area contributed by atoms with E-state index in [1.54, 1.807) is 9.80 Å². The second kappa shape index (κ2) is 9.91. The SMILES string of the molecule is CCc1cccc(CC)c1N(CC(=O)N(CC)Cc1ccccc1)C(C)=O. The number of amides is 2. The molecule has 0 aliphatic heterocycles. The Bertz CT molecular complexity index is 749. The van der Waals surface area contributed by atoms with Crippen molar-refractivity contribution in [3.05, 3.63) is 65.2 Å². The summed E-state index contributed by atoms with van der Waals surface area (Å²) < 4.78 is 0. The molecular formula is C23H30N2O2. The van der Waals surface area contributed by atoms with Crippen LogP contribution in [0.25, 0.3) is 0 Å². The molecule has 0 atom stereocenters. The molecule has 4 nitrogen and oxygen atoms in total. The molecule has 0 saturated carbocycles. The van der Waals surface area contributed by atoms with Crippen molar-refractivity contribution in [1.29, 1.82) is 0 Å². The molecule has 0 N–H and O–H groups in total. The Kier molecular flexibility index (Phi) is 7.59. The van der Waals surface area contributed by atoms with Gasteiger partial charge in [-0.15, -0.1) is 0 Å². The predicted molar refractivity (Wildman–Crippen MR) is 111 cm³/mol. The Morgan fingerprint density at radius 1 is 0.852 bits per heavy atom. The first-order valence-corrected chi connectivity index (χ1v) is 9.72. The first-order chi connectivity index (χ1) is 13.0. The molecule has 0 fully saturated rings. The van der Waals surface area contributed by atoms with Crippen LogP contribution in [0.1, 0.15) is 44.4 Å². The second-order valence-electron chi connectivity index (χ2n) is 6.63. The van der Waals surface area contributed by atoms with Crippen LogP contribution < -0.4 is 4.90 Å². The smallest absolute Gasteiger partial charge is 0.242 e. The van der Waals surface area contributed by atoms with Crippen molar-refractivity contribution in [2.24, 2.45) is 0 Å². The van der Waals surface area contributed by atoms with Crippen molar-refractivity contribution in [2.45, 2.75) is 47.1 Å². The fourth-order valence-corrected chi connectivity index (χ4v) is 3.33. The van der Waals surface area contributed by atoms with Crippen LogP contribution in [-0.2, 0) is 29.0 Å². The van der Waals surface area contributed by atoms with Crippen LogP contribution >= 0.6 is 0 Å². The molecule has 2 rings (SSSR count). The van der Waals surface area contributed by atoms with E-state index in [-0.39, 0.29) is 18.4 Å². The number of anilines is 1. The summed E-state index contributed by atoms with van der Waals surface area (Å²) in [6.07, 6.45) is 1.64. The van der Waals surface area contributed by atoms with Gasteiger partial charge < -0.3 is 9.80 Å². The number of aryl methyl sites for hydroxylation is 2. The van der Waals surface area contributed by atoms with Crippen LogP contribution in [0, 0.1) is 0 Å². The van der Waals surface area contributed by atoms with E-state index in [4.69, 9.17) is 0 Å². The van der Waals surface area contributed by atoms with Gasteiger partial charge in [0.25, 0.3) is 0 Å². The van der Waals surface area contributed by atoms with E-state index >= 15 is 0 Å². The highest BCUT2D eigenvalue weighted by atomic mass is 16.2. The third kappa shape index (κ3) is 5.19. The van der Waals surface area contributed by atoms with Gasteiger partial charge in [0.1, 0.15) is 6.54 Å². The van der Waals surface area contributed by atoms with Crippen LogP contribution in [0.2, 0.25) is 0 Å². The van der Waals surface area contributed by atoms with Gasteiger partial charge in [-0.25, -0.2) is 0 Å². The molecule has 0 aliphatic rings. The van der Waals surface area contributed by atoms with E-state index in [9.17, 15) is 9.59 Å². The van der Waals surface area contributed by atoms with E-state index in [1.807, 2.05) is 55.5 Å². The van der Waals surface area contributed by atoms with Crippen molar-refractivity contribution in [3.63, 3.8) is 0 Å². The molecule has 0 radical (unpaired) electrons. The monoisotopic (exact) mass is 366 g/mol. The molecule has 2 amide bonds. The Hall–Kier alpha value is -2.62. The lowest BCUT2D eigenvalue weighted by Crippen LogP contribution is -2.42. The van der Waals surface area contributed by atoms with Crippen molar-refractivity contribution in [3.8, 4) is 0 Å². The minimum Gasteiger partial charge on any atom is -0.337 e. The number of hydrogen-bond donors (Lipinski definition) is 0. The molecule has 0 bridgehead atoms. The van der Waals surface area contributed by atoms with Gasteiger partial charge in [-0.05, 0) is 36.5 Å². The number of para-hydroxylation sites is 1. The van der Waals surface area contributed by atoms with Gasteiger partial charge in [-0.3, -0.25) is 9.59 Å². The van der Waals surface area contributed by atoms with Gasteiger partial charge in [0, 0.05) is 20.0 Å². The standard InChI is InChI=1S/C23H30N2O2/c1-5-20-14-11-15-21(6-2)23(20)25(18(4)26)17-22(27)24(7-3)16-19-12-9-8-10-13-19/h8-15H,5-7,16-17H2,1-4H3. The van der Waals surface area contributed by atoms with Gasteiger partial charge in [0.05, 0.1) is 5.69 Å². The minimum absolute atomic E-state index is 0.0375. The number of carbonyl (C=O) groups is 2. The summed E-state index contributed by atoms with van der Waals surface area (Å²) in [5.41, 5.74) is 4.19. The number of likely N-dealkylation sites (N-methyl/N-ethyl adjacent to an activating group) is 1. The van der Waals surface area contributed by atoms with Gasteiger partial charge in [0.2, 0.25) is 11.8 Å². The molecule has 0 spiro atoms. The van der Waals surface area contributed by atoms with Gasteiger partial charge in [0.15, 0.2) is 0 Å². The molecule has 0 aromatic heterocycles. The summed E-state index contributed by atoms with van der Waals surface area (Å²) >= 11 is 0. The summed E-state index contributed by atoms with van der Waals surface area (Å²) in [7, 11) is 0. The molecule has 4 heteroatoms. The van der Waals surface area contributed by atoms with E-state index in [2.05, 4.69) is 13.8 Å². The number of rotatable bonds is 8. The largest absolute Gasteiger partial charge is 0.337 e. The Morgan fingerprint density at radius 3 is 1.93 bits per heavy atom. The summed E-state index contributed by atoms with van der Waals surface area (Å²) in [5, 5.41) is 0. The average Bonchev–Trinajstić information content (AvgIpc) is 2.69. The predicted octanol–water partition coefficient (Wildman–Crippen LogP) is 4.21. The highest BCUT2D eigenvalue weighted by Crippen LogP contribution is 2.27. The maximum atomic E-state index is 13.0. The topological polar surface area (TPSA) is 40.6 Å². The molecule has 2 aromatic rings. The zero-order chi connectivity index (χ0) is 19.8. The van der Waals surface area contributed by atoms with Crippen molar-refractivity contribution in [2.75, 3.05) is 18.0 Å². The Morgan fingerprint density at radius 2 is 1.44 bits per heavy atom. The van der Waals surface area contributed by atoms with Crippen LogP contribution in [0.5, 0.6) is 0 Å². The maximum Gasteiger partial charge on any atom is 0.242 e. The first-order valence-electron chi connectivity index (χ1n) is 9.72. The second-order valence-corrected chi connectivity index (χ2v) is 6.63. The van der Waals surface area contributed by atoms with Crippen LogP contribution in [0.3, 0.4) is 0 Å². The Labute approximate surface area is 162 Å². The molecule has 144 valence electrons. The van der Waals surface area contributed by atoms with E-state index in [1.165, 1.54) is 6.92 Å². The minimum atomic E-state index is -0.102. The normalized spacial score (nSPS) is 10.5. The number of carbonyl (C=O) groups excluding carboxylic acids is 2. The van der Waals surface area contributed by atoms with Crippen molar-refractivity contribution in [1.82, 2.24) is 4.90 Å². The molecule has 27 heavy (non-hydrogen) atoms. The van der Waals surface area contributed by atoms with Crippen molar-refractivity contribution < 1.29 is 9.59 Å². The number of benzene rings is 2. The highest BCUT2D eigenvalue weighted by Gasteiger charge is 2.23. The molecular weight excluding hydrogens is 336 g/mol. The van der Waals surface area contributed by atoms with E-state index in [0.29, 0.717) is 13.1 Å². The zero-order valence-corrected chi connectivity index (χ0v) is 16.9. The maximum absolute atomic E-state index is 13.0. The third-order valence-electron chi connectivity index (χ3n) is 4.86. The lowest BCUT2D eigenvalue weighted by atomic mass is 10.0. The lowest BCUT2D eigenvalue weighted by Gasteiger charge is -2.29. The zero-order valence-electron chi connectivity index (χ0n) is 16.9. The van der Waals surface area contributed by atoms with E-state index in [0.717, 1.165) is 35.2 Å². The Balaban J connectivity index is 2.28. The summed E-state index contributed by atoms with van der Waals surface area (Å²) in [5.74, 6) is -0.140. The fourth-order valence-electron chi connectivity index (χ4n) is 3.33. The third-order valence-corrected chi connectivity index (χ3v) is 4.86. The van der Waals surface area contributed by atoms with Crippen LogP contribution in [0.4, 0.5) is 5.69 Å². The van der Waals surface area contributed by atoms with E-state index < -0.39 is 0 Å². The molecule has 0 aliphatic carbocycles. The number of hydrogen-bond acceptors (Lipinski definition) is 2. The first kappa shape index (κ1) is 20.7. The fraction of sp³-hybridized carbons (Fsp3) is 0.391. The molecule has 0 heterocycles. The average molecular weight is 367 g/mol. The molecule has 0 saturated heterocycles. The lowest BCUT2D eigenvalue weighted by molar-refractivity contribution is -0.131. The van der Waals surface area contributed by atoms with Crippen molar-refractivity contribution >= 4 is 17.5 Å². The van der Waals surface area contributed by atoms with Gasteiger partial charge >= 0.3 is 0 Å². The number of nitrogens with zero attached hydrogens (tertiary/aromatic N) is 2. The summed E-state index contributed by atoms with van der Waals surface area (Å²) in [4.78, 5) is 28.9. The molecule has 0 unspecified atom stereocenters. The quantitative estimate of drug-likeness (QED) is 0.702. The summed E-state index contributed by atoms with van der Waals surface area (Å²) in [6.45, 7) is 8.88. The van der Waals surface area contributed by atoms with Gasteiger partial charge in [-0.2, -0.15) is 0 Å². The molecule has 2 aromatic carbocycles. The van der Waals surface area contributed by atoms with Gasteiger partial charge in [-0.1, -0.05) is 62.4 Å². The highest BCUT2D eigenvalue weighted by molar-refractivity contribution is 5.98. The summed E-state index contributed by atoms with van der Waals surface area (Å²) in [6, 6.07) is 16.0. The van der Waals surface area contributed by atoms with Crippen LogP contribution in [0.15, 0.2) is 48.5 Å².